The molecule has 2 rings (SSSR count). The lowest BCUT2D eigenvalue weighted by Crippen LogP contribution is -2.05. The molecule has 0 amide bonds. The Balaban J connectivity index is 2.14. The van der Waals surface area contributed by atoms with Crippen LogP contribution < -0.4 is 0 Å². The molecule has 3 unspecified atom stereocenters. The van der Waals surface area contributed by atoms with Gasteiger partial charge < -0.3 is 0 Å². The highest BCUT2D eigenvalue weighted by atomic mass is 19.3. The molecule has 2 fully saturated rings. The van der Waals surface area contributed by atoms with Gasteiger partial charge in [-0.2, -0.15) is 0 Å². The van der Waals surface area contributed by atoms with E-state index in [-0.39, 0.29) is 17.8 Å². The molecule has 0 aromatic heterocycles. The third-order valence-corrected chi connectivity index (χ3v) is 2.81. The van der Waals surface area contributed by atoms with Gasteiger partial charge in [0.05, 0.1) is 0 Å². The van der Waals surface area contributed by atoms with Crippen molar-refractivity contribution in [2.75, 3.05) is 0 Å². The Morgan fingerprint density at radius 3 is 2.22 bits per heavy atom. The van der Waals surface area contributed by atoms with Gasteiger partial charge in [0.2, 0.25) is 0 Å². The first-order chi connectivity index (χ1) is 4.14. The largest absolute Gasteiger partial charge is 0.254 e. The monoisotopic (exact) mass is 132 g/mol. The van der Waals surface area contributed by atoms with Crippen molar-refractivity contribution < 1.29 is 8.78 Å². The summed E-state index contributed by atoms with van der Waals surface area (Å²) in [6, 6.07) is 0. The zero-order chi connectivity index (χ0) is 6.65. The van der Waals surface area contributed by atoms with Gasteiger partial charge in [-0.05, 0) is 18.8 Å². The maximum absolute atomic E-state index is 12.5. The predicted octanol–water partition coefficient (Wildman–Crippen LogP) is 2.30. The summed E-state index contributed by atoms with van der Waals surface area (Å²) < 4.78 is 25.0. The molecule has 0 aliphatic heterocycles. The zero-order valence-electron chi connectivity index (χ0n) is 5.40. The lowest BCUT2D eigenvalue weighted by atomic mass is 10.1. The minimum absolute atomic E-state index is 0.229. The van der Waals surface area contributed by atoms with Gasteiger partial charge in [0.25, 0.3) is 5.92 Å². The number of rotatable bonds is 0. The minimum Gasteiger partial charge on any atom is -0.206 e. The summed E-state index contributed by atoms with van der Waals surface area (Å²) in [5, 5.41) is 0. The minimum atomic E-state index is -2.27. The predicted molar refractivity (Wildman–Crippen MR) is 30.3 cm³/mol. The molecule has 2 aliphatic carbocycles. The van der Waals surface area contributed by atoms with Crippen molar-refractivity contribution in [3.05, 3.63) is 0 Å². The average molecular weight is 132 g/mol. The van der Waals surface area contributed by atoms with E-state index >= 15 is 0 Å². The fourth-order valence-corrected chi connectivity index (χ4v) is 2.19. The summed E-state index contributed by atoms with van der Waals surface area (Å²) in [4.78, 5) is 0. The molecular weight excluding hydrogens is 122 g/mol. The van der Waals surface area contributed by atoms with Crippen LogP contribution in [0.1, 0.15) is 19.8 Å². The van der Waals surface area contributed by atoms with Crippen LogP contribution in [0.25, 0.3) is 0 Å². The quantitative estimate of drug-likeness (QED) is 0.474. The molecule has 2 aliphatic rings. The Labute approximate surface area is 53.2 Å². The van der Waals surface area contributed by atoms with Gasteiger partial charge in [0, 0.05) is 11.8 Å². The fourth-order valence-electron chi connectivity index (χ4n) is 2.19. The van der Waals surface area contributed by atoms with E-state index in [1.165, 1.54) is 0 Å². The van der Waals surface area contributed by atoms with Crippen LogP contribution in [0.4, 0.5) is 8.78 Å². The summed E-state index contributed by atoms with van der Waals surface area (Å²) in [6.07, 6.45) is 1.78. The van der Waals surface area contributed by atoms with Crippen LogP contribution in [0.5, 0.6) is 0 Å². The van der Waals surface area contributed by atoms with E-state index in [2.05, 4.69) is 0 Å². The molecule has 0 saturated heterocycles. The van der Waals surface area contributed by atoms with E-state index < -0.39 is 5.92 Å². The number of alkyl halides is 2. The molecule has 0 spiro atoms. The van der Waals surface area contributed by atoms with Crippen LogP contribution in [0.2, 0.25) is 0 Å². The van der Waals surface area contributed by atoms with Gasteiger partial charge in [-0.1, -0.05) is 6.92 Å². The summed E-state index contributed by atoms with van der Waals surface area (Å²) in [5.41, 5.74) is 0. The Kier molecular flexibility index (Phi) is 0.814. The van der Waals surface area contributed by atoms with Crippen molar-refractivity contribution in [2.24, 2.45) is 17.8 Å². The molecular formula is C7H10F2. The third kappa shape index (κ3) is 0.516. The maximum Gasteiger partial charge on any atom is 0.254 e. The SMILES string of the molecule is CC1CCC2C1C2(F)F. The van der Waals surface area contributed by atoms with Gasteiger partial charge in [-0.3, -0.25) is 0 Å². The van der Waals surface area contributed by atoms with Crippen LogP contribution in [-0.2, 0) is 0 Å². The van der Waals surface area contributed by atoms with Crippen molar-refractivity contribution in [3.8, 4) is 0 Å². The topological polar surface area (TPSA) is 0 Å². The van der Waals surface area contributed by atoms with Crippen molar-refractivity contribution in [2.45, 2.75) is 25.7 Å². The molecule has 2 heteroatoms. The number of halogens is 2. The normalized spacial score (nSPS) is 53.0. The van der Waals surface area contributed by atoms with Gasteiger partial charge in [-0.25, -0.2) is 8.78 Å². The van der Waals surface area contributed by atoms with Gasteiger partial charge in [0.15, 0.2) is 0 Å². The summed E-state index contributed by atoms with van der Waals surface area (Å²) in [6.45, 7) is 1.94. The van der Waals surface area contributed by atoms with Crippen LogP contribution in [0.15, 0.2) is 0 Å². The Bertz CT molecular complexity index is 142. The van der Waals surface area contributed by atoms with Gasteiger partial charge in [0.1, 0.15) is 0 Å². The number of hydrogen-bond donors (Lipinski definition) is 0. The van der Waals surface area contributed by atoms with Gasteiger partial charge in [-0.15, -0.1) is 0 Å². The molecule has 3 atom stereocenters. The summed E-state index contributed by atoms with van der Waals surface area (Å²) in [7, 11) is 0. The standard InChI is InChI=1S/C7H10F2/c1-4-2-3-5-6(4)7(5,8)9/h4-6H,2-3H2,1H3. The van der Waals surface area contributed by atoms with Crippen LogP contribution in [0, 0.1) is 17.8 Å². The smallest absolute Gasteiger partial charge is 0.206 e. The molecule has 52 valence electrons. The Hall–Kier alpha value is -0.140. The molecule has 9 heavy (non-hydrogen) atoms. The molecule has 0 bridgehead atoms. The summed E-state index contributed by atoms with van der Waals surface area (Å²) in [5.74, 6) is -2.45. The highest BCUT2D eigenvalue weighted by molar-refractivity contribution is 5.11. The second-order valence-electron chi connectivity index (χ2n) is 3.36. The molecule has 0 heterocycles. The van der Waals surface area contributed by atoms with E-state index in [1.54, 1.807) is 0 Å². The Morgan fingerprint density at radius 1 is 1.33 bits per heavy atom. The van der Waals surface area contributed by atoms with Crippen LogP contribution in [0.3, 0.4) is 0 Å². The van der Waals surface area contributed by atoms with E-state index in [9.17, 15) is 8.78 Å². The second-order valence-corrected chi connectivity index (χ2v) is 3.36. The highest BCUT2D eigenvalue weighted by Gasteiger charge is 2.71. The average Bonchev–Trinajstić information content (AvgIpc) is 2.19. The molecule has 0 radical (unpaired) electrons. The van der Waals surface area contributed by atoms with Crippen LogP contribution >= 0.6 is 0 Å². The second kappa shape index (κ2) is 1.30. The fraction of sp³-hybridized carbons (Fsp3) is 1.00. The van der Waals surface area contributed by atoms with Crippen molar-refractivity contribution in [1.29, 1.82) is 0 Å². The molecule has 0 N–H and O–H groups in total. The molecule has 0 nitrogen and oxygen atoms in total. The van der Waals surface area contributed by atoms with E-state index in [0.29, 0.717) is 0 Å². The van der Waals surface area contributed by atoms with Gasteiger partial charge >= 0.3 is 0 Å². The maximum atomic E-state index is 12.5. The Morgan fingerprint density at radius 2 is 2.00 bits per heavy atom. The third-order valence-electron chi connectivity index (χ3n) is 2.81. The molecule has 2 saturated carbocycles. The van der Waals surface area contributed by atoms with E-state index in [4.69, 9.17) is 0 Å². The zero-order valence-corrected chi connectivity index (χ0v) is 5.40. The number of fused-ring (bicyclic) bond motifs is 1. The van der Waals surface area contributed by atoms with Crippen LogP contribution in [-0.4, -0.2) is 5.92 Å². The van der Waals surface area contributed by atoms with Crippen molar-refractivity contribution in [3.63, 3.8) is 0 Å². The first kappa shape index (κ1) is 5.63. The number of hydrogen-bond acceptors (Lipinski definition) is 0. The first-order valence-corrected chi connectivity index (χ1v) is 3.52. The van der Waals surface area contributed by atoms with Crippen molar-refractivity contribution >= 4 is 0 Å². The molecule has 0 aromatic rings. The van der Waals surface area contributed by atoms with Crippen molar-refractivity contribution in [1.82, 2.24) is 0 Å². The lowest BCUT2D eigenvalue weighted by molar-refractivity contribution is 0.0620. The van der Waals surface area contributed by atoms with E-state index in [0.717, 1.165) is 12.8 Å². The summed E-state index contributed by atoms with van der Waals surface area (Å²) >= 11 is 0. The molecule has 0 aromatic carbocycles. The lowest BCUT2D eigenvalue weighted by Gasteiger charge is -2.05. The highest BCUT2D eigenvalue weighted by Crippen LogP contribution is 2.66. The van der Waals surface area contributed by atoms with E-state index in [1.807, 2.05) is 6.92 Å². The first-order valence-electron chi connectivity index (χ1n) is 3.52.